The fourth-order valence-electron chi connectivity index (χ4n) is 2.37. The Hall–Kier alpha value is -1.55. The van der Waals surface area contributed by atoms with E-state index in [-0.39, 0.29) is 12.7 Å². The van der Waals surface area contributed by atoms with E-state index in [1.807, 2.05) is 26.8 Å². The minimum absolute atomic E-state index is 0.169. The molecule has 0 aromatic heterocycles. The molecule has 0 saturated heterocycles. The van der Waals surface area contributed by atoms with Gasteiger partial charge in [0.15, 0.2) is 0 Å². The summed E-state index contributed by atoms with van der Waals surface area (Å²) in [5.41, 5.74) is 3.14. The average Bonchev–Trinajstić information content (AvgIpc) is 2.36. The fraction of sp³-hybridized carbons (Fsp3) is 0.562. The third kappa shape index (κ3) is 3.73. The quantitative estimate of drug-likeness (QED) is 0.903. The van der Waals surface area contributed by atoms with Crippen molar-refractivity contribution >= 4 is 6.09 Å². The monoisotopic (exact) mass is 277 g/mol. The SMILES string of the molecule is CC(C)(C)OC(=O)N1CCc2cc(CCO)ccc2C1. The second kappa shape index (κ2) is 5.83. The predicted octanol–water partition coefficient (Wildman–Crippen LogP) is 2.51. The molecule has 110 valence electrons. The van der Waals surface area contributed by atoms with Gasteiger partial charge in [-0.25, -0.2) is 4.79 Å². The van der Waals surface area contributed by atoms with E-state index < -0.39 is 5.60 Å². The number of benzene rings is 1. The van der Waals surface area contributed by atoms with E-state index in [0.29, 0.717) is 19.5 Å². The van der Waals surface area contributed by atoms with Crippen LogP contribution in [0, 0.1) is 0 Å². The average molecular weight is 277 g/mol. The summed E-state index contributed by atoms with van der Waals surface area (Å²) in [5, 5.41) is 8.98. The van der Waals surface area contributed by atoms with Gasteiger partial charge in [0.2, 0.25) is 0 Å². The second-order valence-electron chi connectivity index (χ2n) is 6.23. The molecule has 0 bridgehead atoms. The van der Waals surface area contributed by atoms with Gasteiger partial charge in [-0.15, -0.1) is 0 Å². The normalized spacial score (nSPS) is 14.9. The first-order valence-corrected chi connectivity index (χ1v) is 7.08. The number of fused-ring (bicyclic) bond motifs is 1. The Morgan fingerprint density at radius 2 is 2.10 bits per heavy atom. The molecule has 1 aromatic rings. The number of aliphatic hydroxyl groups excluding tert-OH is 1. The molecule has 1 heterocycles. The van der Waals surface area contributed by atoms with Gasteiger partial charge in [-0.2, -0.15) is 0 Å². The number of aliphatic hydroxyl groups is 1. The van der Waals surface area contributed by atoms with Crippen LogP contribution in [0.15, 0.2) is 18.2 Å². The van der Waals surface area contributed by atoms with Crippen molar-refractivity contribution in [3.63, 3.8) is 0 Å². The van der Waals surface area contributed by atoms with E-state index in [4.69, 9.17) is 9.84 Å². The molecule has 0 fully saturated rings. The zero-order valence-electron chi connectivity index (χ0n) is 12.5. The maximum atomic E-state index is 12.1. The third-order valence-electron chi connectivity index (χ3n) is 3.34. The van der Waals surface area contributed by atoms with Crippen LogP contribution in [0.4, 0.5) is 4.79 Å². The summed E-state index contributed by atoms with van der Waals surface area (Å²) in [6, 6.07) is 6.21. The first kappa shape index (κ1) is 14.9. The molecule has 0 unspecified atom stereocenters. The van der Waals surface area contributed by atoms with Crippen LogP contribution < -0.4 is 0 Å². The topological polar surface area (TPSA) is 49.8 Å². The Morgan fingerprint density at radius 1 is 1.35 bits per heavy atom. The lowest BCUT2D eigenvalue weighted by Gasteiger charge is -2.31. The summed E-state index contributed by atoms with van der Waals surface area (Å²) in [7, 11) is 0. The van der Waals surface area contributed by atoms with E-state index in [2.05, 4.69) is 12.1 Å². The smallest absolute Gasteiger partial charge is 0.410 e. The number of carbonyl (C=O) groups excluding carboxylic acids is 1. The summed E-state index contributed by atoms with van der Waals surface area (Å²) in [4.78, 5) is 13.8. The minimum Gasteiger partial charge on any atom is -0.444 e. The molecular weight excluding hydrogens is 254 g/mol. The molecule has 4 nitrogen and oxygen atoms in total. The lowest BCUT2D eigenvalue weighted by molar-refractivity contribution is 0.0224. The van der Waals surface area contributed by atoms with Gasteiger partial charge in [-0.3, -0.25) is 0 Å². The van der Waals surface area contributed by atoms with Gasteiger partial charge in [0.25, 0.3) is 0 Å². The number of carbonyl (C=O) groups is 1. The van der Waals surface area contributed by atoms with Crippen LogP contribution in [0.25, 0.3) is 0 Å². The highest BCUT2D eigenvalue weighted by Crippen LogP contribution is 2.22. The van der Waals surface area contributed by atoms with E-state index in [1.54, 1.807) is 4.90 Å². The van der Waals surface area contributed by atoms with E-state index in [0.717, 1.165) is 12.0 Å². The van der Waals surface area contributed by atoms with Crippen molar-refractivity contribution in [1.82, 2.24) is 4.90 Å². The van der Waals surface area contributed by atoms with Crippen molar-refractivity contribution in [1.29, 1.82) is 0 Å². The van der Waals surface area contributed by atoms with Crippen molar-refractivity contribution in [2.24, 2.45) is 0 Å². The first-order chi connectivity index (χ1) is 9.39. The molecule has 0 atom stereocenters. The lowest BCUT2D eigenvalue weighted by Crippen LogP contribution is -2.39. The molecule has 2 rings (SSSR count). The Bertz CT molecular complexity index is 491. The highest BCUT2D eigenvalue weighted by atomic mass is 16.6. The van der Waals surface area contributed by atoms with Gasteiger partial charge < -0.3 is 14.7 Å². The number of amides is 1. The van der Waals surface area contributed by atoms with Crippen molar-refractivity contribution in [3.8, 4) is 0 Å². The van der Waals surface area contributed by atoms with Crippen LogP contribution in [0.3, 0.4) is 0 Å². The molecule has 0 spiro atoms. The maximum Gasteiger partial charge on any atom is 0.410 e. The molecular formula is C16H23NO3. The maximum absolute atomic E-state index is 12.1. The van der Waals surface area contributed by atoms with E-state index in [1.165, 1.54) is 11.1 Å². The van der Waals surface area contributed by atoms with Crippen LogP contribution in [0.1, 0.15) is 37.5 Å². The van der Waals surface area contributed by atoms with Crippen LogP contribution in [-0.2, 0) is 24.1 Å². The Balaban J connectivity index is 2.06. The molecule has 0 saturated carbocycles. The highest BCUT2D eigenvalue weighted by molar-refractivity contribution is 5.68. The summed E-state index contributed by atoms with van der Waals surface area (Å²) in [6.07, 6.45) is 1.28. The van der Waals surface area contributed by atoms with Crippen molar-refractivity contribution < 1.29 is 14.6 Å². The molecule has 20 heavy (non-hydrogen) atoms. The fourth-order valence-corrected chi connectivity index (χ4v) is 2.37. The van der Waals surface area contributed by atoms with E-state index >= 15 is 0 Å². The number of nitrogens with zero attached hydrogens (tertiary/aromatic N) is 1. The van der Waals surface area contributed by atoms with Crippen molar-refractivity contribution in [3.05, 3.63) is 34.9 Å². The largest absolute Gasteiger partial charge is 0.444 e. The summed E-state index contributed by atoms with van der Waals surface area (Å²) in [5.74, 6) is 0. The number of hydrogen-bond donors (Lipinski definition) is 1. The van der Waals surface area contributed by atoms with Crippen molar-refractivity contribution in [2.75, 3.05) is 13.2 Å². The van der Waals surface area contributed by atoms with E-state index in [9.17, 15) is 4.79 Å². The molecule has 0 aliphatic carbocycles. The van der Waals surface area contributed by atoms with Gasteiger partial charge in [0, 0.05) is 19.7 Å². The number of ether oxygens (including phenoxy) is 1. The zero-order chi connectivity index (χ0) is 14.8. The Morgan fingerprint density at radius 3 is 2.75 bits per heavy atom. The first-order valence-electron chi connectivity index (χ1n) is 7.08. The zero-order valence-corrected chi connectivity index (χ0v) is 12.5. The Kier molecular flexibility index (Phi) is 4.33. The van der Waals surface area contributed by atoms with Gasteiger partial charge >= 0.3 is 6.09 Å². The standard InChI is InChI=1S/C16H23NO3/c1-16(2,3)20-15(19)17-8-6-13-10-12(7-9-18)4-5-14(13)11-17/h4-5,10,18H,6-9,11H2,1-3H3. The number of hydrogen-bond acceptors (Lipinski definition) is 3. The van der Waals surface area contributed by atoms with Gasteiger partial charge in [-0.1, -0.05) is 18.2 Å². The molecule has 4 heteroatoms. The van der Waals surface area contributed by atoms with Crippen LogP contribution in [-0.4, -0.2) is 34.9 Å². The van der Waals surface area contributed by atoms with Gasteiger partial charge in [0.1, 0.15) is 5.60 Å². The second-order valence-corrected chi connectivity index (χ2v) is 6.23. The molecule has 1 aliphatic rings. The van der Waals surface area contributed by atoms with Gasteiger partial charge in [0.05, 0.1) is 0 Å². The summed E-state index contributed by atoms with van der Waals surface area (Å²) >= 11 is 0. The summed E-state index contributed by atoms with van der Waals surface area (Å²) < 4.78 is 5.41. The Labute approximate surface area is 120 Å². The molecule has 0 radical (unpaired) electrons. The van der Waals surface area contributed by atoms with Gasteiger partial charge in [-0.05, 0) is 50.3 Å². The molecule has 1 N–H and O–H groups in total. The molecule has 1 aromatic carbocycles. The number of rotatable bonds is 2. The highest BCUT2D eigenvalue weighted by Gasteiger charge is 2.25. The van der Waals surface area contributed by atoms with Crippen LogP contribution in [0.5, 0.6) is 0 Å². The minimum atomic E-state index is -0.456. The molecule has 1 aliphatic heterocycles. The van der Waals surface area contributed by atoms with Crippen LogP contribution in [0.2, 0.25) is 0 Å². The van der Waals surface area contributed by atoms with Crippen molar-refractivity contribution in [2.45, 2.75) is 45.8 Å². The summed E-state index contributed by atoms with van der Waals surface area (Å²) in [6.45, 7) is 7.09. The third-order valence-corrected chi connectivity index (χ3v) is 3.34. The molecule has 1 amide bonds. The van der Waals surface area contributed by atoms with Crippen LogP contribution >= 0.6 is 0 Å². The lowest BCUT2D eigenvalue weighted by atomic mass is 9.96. The predicted molar refractivity (Wildman–Crippen MR) is 77.6 cm³/mol.